The van der Waals surface area contributed by atoms with E-state index in [0.29, 0.717) is 11.1 Å². The molecule has 0 unspecified atom stereocenters. The number of nitriles is 1. The Morgan fingerprint density at radius 2 is 1.77 bits per heavy atom. The minimum atomic E-state index is -4.34. The lowest BCUT2D eigenvalue weighted by Gasteiger charge is -2.37. The molecule has 186 valence electrons. The summed E-state index contributed by atoms with van der Waals surface area (Å²) in [4.78, 5) is 0. The molecule has 0 spiro atoms. The Balaban J connectivity index is 2.08. The molecule has 35 heavy (non-hydrogen) atoms. The maximum Gasteiger partial charge on any atom is 0.380 e. The van der Waals surface area contributed by atoms with E-state index in [1.165, 1.54) is 12.7 Å². The molecule has 1 aromatic heterocycles. The number of aromatic nitrogens is 3. The highest BCUT2D eigenvalue weighted by Crippen LogP contribution is 2.43. The summed E-state index contributed by atoms with van der Waals surface area (Å²) < 4.78 is 36.5. The molecule has 0 aliphatic carbocycles. The zero-order valence-corrected chi connectivity index (χ0v) is 22.6. The molecule has 13 heteroatoms. The topological polar surface area (TPSA) is 136 Å². The van der Waals surface area contributed by atoms with Gasteiger partial charge in [-0.25, -0.2) is 4.68 Å². The third-order valence-corrected chi connectivity index (χ3v) is 10.8. The fourth-order valence-electron chi connectivity index (χ4n) is 2.92. The molecule has 0 bridgehead atoms. The Kier molecular flexibility index (Phi) is 7.47. The number of rotatable bonds is 8. The Hall–Kier alpha value is -3.11. The SMILES string of the molecule is CC(C)(C)[Si](C)(C)Oc1cc(CN(c2ccc(C#N)cc2)n2cnnc2)cc(Cl)c1OS(N)(=O)=O. The van der Waals surface area contributed by atoms with Crippen molar-refractivity contribution in [3.8, 4) is 17.6 Å². The second-order valence-electron chi connectivity index (χ2n) is 9.40. The van der Waals surface area contributed by atoms with Crippen LogP contribution in [0.5, 0.6) is 11.5 Å². The number of nitrogens with zero attached hydrogens (tertiary/aromatic N) is 5. The summed E-state index contributed by atoms with van der Waals surface area (Å²) in [5.41, 5.74) is 1.98. The third kappa shape index (κ3) is 6.52. The van der Waals surface area contributed by atoms with E-state index in [4.69, 9.17) is 30.6 Å². The van der Waals surface area contributed by atoms with Gasteiger partial charge in [-0.15, -0.1) is 10.2 Å². The number of halogens is 1. The summed E-state index contributed by atoms with van der Waals surface area (Å²) in [5.74, 6) is 0.0358. The van der Waals surface area contributed by atoms with Gasteiger partial charge in [-0.2, -0.15) is 18.8 Å². The van der Waals surface area contributed by atoms with Crippen molar-refractivity contribution >= 4 is 35.9 Å². The van der Waals surface area contributed by atoms with Gasteiger partial charge in [0.2, 0.25) is 5.75 Å². The minimum Gasteiger partial charge on any atom is -0.541 e. The van der Waals surface area contributed by atoms with E-state index in [2.05, 4.69) is 37.0 Å². The van der Waals surface area contributed by atoms with Crippen LogP contribution >= 0.6 is 11.6 Å². The molecule has 0 radical (unpaired) electrons. The van der Waals surface area contributed by atoms with Crippen LogP contribution in [-0.4, -0.2) is 31.6 Å². The number of hydrogen-bond acceptors (Lipinski definition) is 8. The van der Waals surface area contributed by atoms with E-state index in [0.717, 1.165) is 5.69 Å². The highest BCUT2D eigenvalue weighted by Gasteiger charge is 2.40. The van der Waals surface area contributed by atoms with Gasteiger partial charge in [0.1, 0.15) is 18.4 Å². The first-order valence-corrected chi connectivity index (χ1v) is 15.3. The predicted molar refractivity (Wildman–Crippen MR) is 136 cm³/mol. The summed E-state index contributed by atoms with van der Waals surface area (Å²) in [6.07, 6.45) is 3.07. The predicted octanol–water partition coefficient (Wildman–Crippen LogP) is 4.24. The lowest BCUT2D eigenvalue weighted by atomic mass is 10.1. The molecule has 0 amide bonds. The van der Waals surface area contributed by atoms with Crippen molar-refractivity contribution in [2.45, 2.75) is 45.4 Å². The number of anilines is 1. The quantitative estimate of drug-likeness (QED) is 0.424. The van der Waals surface area contributed by atoms with Crippen LogP contribution in [0.25, 0.3) is 0 Å². The molecule has 0 atom stereocenters. The van der Waals surface area contributed by atoms with Crippen LogP contribution < -0.4 is 18.8 Å². The Morgan fingerprint density at radius 1 is 1.17 bits per heavy atom. The van der Waals surface area contributed by atoms with Crippen molar-refractivity contribution in [2.24, 2.45) is 5.14 Å². The first kappa shape index (κ1) is 26.5. The Labute approximate surface area is 211 Å². The lowest BCUT2D eigenvalue weighted by molar-refractivity contribution is 0.446. The fraction of sp³-hybridized carbons (Fsp3) is 0.318. The summed E-state index contributed by atoms with van der Waals surface area (Å²) in [7, 11) is -6.75. The highest BCUT2D eigenvalue weighted by molar-refractivity contribution is 7.84. The van der Waals surface area contributed by atoms with Crippen LogP contribution in [0.1, 0.15) is 31.9 Å². The maximum atomic E-state index is 11.7. The third-order valence-electron chi connectivity index (χ3n) is 5.75. The molecule has 0 saturated carbocycles. The first-order chi connectivity index (χ1) is 16.2. The molecule has 0 saturated heterocycles. The summed E-state index contributed by atoms with van der Waals surface area (Å²) in [6.45, 7) is 10.5. The van der Waals surface area contributed by atoms with E-state index >= 15 is 0 Å². The molecule has 3 aromatic rings. The fourth-order valence-corrected chi connectivity index (χ4v) is 4.65. The molecule has 1 heterocycles. The van der Waals surface area contributed by atoms with Gasteiger partial charge in [0.25, 0.3) is 8.32 Å². The number of benzene rings is 2. The second kappa shape index (κ2) is 9.86. The van der Waals surface area contributed by atoms with Gasteiger partial charge < -0.3 is 8.61 Å². The smallest absolute Gasteiger partial charge is 0.380 e. The van der Waals surface area contributed by atoms with Crippen LogP contribution in [0.3, 0.4) is 0 Å². The lowest BCUT2D eigenvalue weighted by Crippen LogP contribution is -2.44. The van der Waals surface area contributed by atoms with Gasteiger partial charge in [-0.3, -0.25) is 5.01 Å². The number of nitrogens with two attached hydrogens (primary N) is 1. The largest absolute Gasteiger partial charge is 0.541 e. The normalized spacial score (nSPS) is 12.2. The molecular formula is C22H27ClN6O4SSi. The molecule has 3 rings (SSSR count). The molecular weight excluding hydrogens is 508 g/mol. The minimum absolute atomic E-state index is 0.0359. The van der Waals surface area contributed by atoms with Gasteiger partial charge in [0.05, 0.1) is 28.9 Å². The Morgan fingerprint density at radius 3 is 2.29 bits per heavy atom. The molecule has 2 N–H and O–H groups in total. The zero-order valence-electron chi connectivity index (χ0n) is 20.1. The van der Waals surface area contributed by atoms with E-state index in [-0.39, 0.29) is 28.1 Å². The van der Waals surface area contributed by atoms with Gasteiger partial charge >= 0.3 is 10.3 Å². The van der Waals surface area contributed by atoms with Crippen molar-refractivity contribution in [3.63, 3.8) is 0 Å². The summed E-state index contributed by atoms with van der Waals surface area (Å²) in [6, 6.07) is 12.4. The first-order valence-electron chi connectivity index (χ1n) is 10.6. The van der Waals surface area contributed by atoms with Crippen LogP contribution in [0.4, 0.5) is 5.69 Å². The van der Waals surface area contributed by atoms with Crippen molar-refractivity contribution < 1.29 is 17.0 Å². The molecule has 10 nitrogen and oxygen atoms in total. The second-order valence-corrected chi connectivity index (χ2v) is 15.7. The molecule has 0 fully saturated rings. The summed E-state index contributed by atoms with van der Waals surface area (Å²) >= 11 is 6.48. The van der Waals surface area contributed by atoms with Crippen molar-refractivity contribution in [1.82, 2.24) is 14.9 Å². The zero-order chi connectivity index (χ0) is 26.0. The molecule has 2 aromatic carbocycles. The standard InChI is InChI=1S/C22H27ClN6O4SSi/c1-22(2,3)35(4,5)33-20-11-17(10-19(23)21(20)32-34(25,30)31)13-29(28-14-26-27-15-28)18-8-6-16(12-24)7-9-18/h6-11,14-15H,13H2,1-5H3,(H2,25,30,31). The molecule has 0 aliphatic rings. The molecule has 0 aliphatic heterocycles. The van der Waals surface area contributed by atoms with E-state index in [1.807, 2.05) is 18.1 Å². The average Bonchev–Trinajstić information content (AvgIpc) is 3.27. The van der Waals surface area contributed by atoms with E-state index < -0.39 is 18.6 Å². The van der Waals surface area contributed by atoms with Gasteiger partial charge in [-0.05, 0) is 60.1 Å². The van der Waals surface area contributed by atoms with E-state index in [9.17, 15) is 8.42 Å². The van der Waals surface area contributed by atoms with Crippen LogP contribution in [0, 0.1) is 11.3 Å². The van der Waals surface area contributed by atoms with Crippen molar-refractivity contribution in [1.29, 1.82) is 5.26 Å². The van der Waals surface area contributed by atoms with E-state index in [1.54, 1.807) is 41.1 Å². The summed E-state index contributed by atoms with van der Waals surface area (Å²) in [5, 5.41) is 23.7. The van der Waals surface area contributed by atoms with Crippen LogP contribution in [0.2, 0.25) is 23.2 Å². The van der Waals surface area contributed by atoms with Crippen molar-refractivity contribution in [2.75, 3.05) is 5.01 Å². The maximum absolute atomic E-state index is 11.7. The van der Waals surface area contributed by atoms with Crippen molar-refractivity contribution in [3.05, 3.63) is 65.2 Å². The van der Waals surface area contributed by atoms with Gasteiger partial charge in [0, 0.05) is 0 Å². The van der Waals surface area contributed by atoms with Crippen LogP contribution in [-0.2, 0) is 16.8 Å². The Bertz CT molecular complexity index is 1330. The number of hydrogen-bond donors (Lipinski definition) is 1. The highest BCUT2D eigenvalue weighted by atomic mass is 35.5. The average molecular weight is 535 g/mol. The van der Waals surface area contributed by atoms with Gasteiger partial charge in [0.15, 0.2) is 0 Å². The van der Waals surface area contributed by atoms with Crippen LogP contribution in [0.15, 0.2) is 49.1 Å². The van der Waals surface area contributed by atoms with Gasteiger partial charge in [-0.1, -0.05) is 32.4 Å². The monoisotopic (exact) mass is 534 g/mol.